The van der Waals surface area contributed by atoms with Gasteiger partial charge in [0, 0.05) is 18.9 Å². The van der Waals surface area contributed by atoms with Gasteiger partial charge in [-0.2, -0.15) is 0 Å². The summed E-state index contributed by atoms with van der Waals surface area (Å²) in [5, 5.41) is 0. The van der Waals surface area contributed by atoms with Crippen LogP contribution in [0.3, 0.4) is 0 Å². The Bertz CT molecular complexity index is 535. The van der Waals surface area contributed by atoms with Crippen molar-refractivity contribution in [3.8, 4) is 0 Å². The number of hydrogen-bond acceptors (Lipinski definition) is 3. The Morgan fingerprint density at radius 3 is 2.65 bits per heavy atom. The van der Waals surface area contributed by atoms with Gasteiger partial charge >= 0.3 is 5.97 Å². The van der Waals surface area contributed by atoms with Crippen LogP contribution >= 0.6 is 0 Å². The molecule has 0 spiro atoms. The molecule has 1 fully saturated rings. The van der Waals surface area contributed by atoms with Crippen LogP contribution in [0.15, 0.2) is 12.1 Å². The maximum absolute atomic E-state index is 11.9. The molecule has 0 amide bonds. The highest BCUT2D eigenvalue weighted by molar-refractivity contribution is 5.83. The van der Waals surface area contributed by atoms with Crippen LogP contribution in [0.25, 0.3) is 0 Å². The van der Waals surface area contributed by atoms with Gasteiger partial charge in [-0.25, -0.2) is 4.79 Å². The smallest absolute Gasteiger partial charge is 0.341 e. The lowest BCUT2D eigenvalue weighted by atomic mass is 9.85. The fourth-order valence-electron chi connectivity index (χ4n) is 3.20. The Balaban J connectivity index is 2.28. The lowest BCUT2D eigenvalue weighted by Gasteiger charge is -2.34. The molecule has 2 unspecified atom stereocenters. The average Bonchev–Trinajstić information content (AvgIpc) is 2.30. The zero-order valence-corrected chi connectivity index (χ0v) is 10.6. The lowest BCUT2D eigenvalue weighted by Crippen LogP contribution is -2.40. The number of benzene rings is 1. The third kappa shape index (κ3) is 1.29. The molecule has 2 aliphatic heterocycles. The van der Waals surface area contributed by atoms with E-state index in [2.05, 4.69) is 19.1 Å². The van der Waals surface area contributed by atoms with Crippen molar-refractivity contribution in [2.24, 2.45) is 0 Å². The van der Waals surface area contributed by atoms with Crippen LogP contribution in [0.1, 0.15) is 36.1 Å². The molecule has 0 saturated carbocycles. The van der Waals surface area contributed by atoms with Crippen LogP contribution in [-0.4, -0.2) is 11.6 Å². The fraction of sp³-hybridized carbons (Fsp3) is 0.500. The molecule has 1 aromatic rings. The summed E-state index contributed by atoms with van der Waals surface area (Å²) in [6.07, 6.45) is 0.597. The van der Waals surface area contributed by atoms with Gasteiger partial charge in [-0.05, 0) is 31.9 Å². The summed E-state index contributed by atoms with van der Waals surface area (Å²) < 4.78 is 11.3. The van der Waals surface area contributed by atoms with E-state index in [1.165, 1.54) is 11.1 Å². The predicted molar refractivity (Wildman–Crippen MR) is 62.6 cm³/mol. The van der Waals surface area contributed by atoms with Crippen molar-refractivity contribution in [1.82, 2.24) is 0 Å². The molecule has 0 aromatic heterocycles. The van der Waals surface area contributed by atoms with Gasteiger partial charge in [0.1, 0.15) is 0 Å². The van der Waals surface area contributed by atoms with Gasteiger partial charge in [-0.15, -0.1) is 0 Å². The SMILES string of the molecule is Cc1cc(C)c2c(c1)CC1(C)OC2(C)OC1=O. The molecule has 0 radical (unpaired) electrons. The molecule has 1 aromatic carbocycles. The highest BCUT2D eigenvalue weighted by Gasteiger charge is 2.58. The molecule has 2 heterocycles. The number of carbonyl (C=O) groups is 1. The van der Waals surface area contributed by atoms with E-state index in [-0.39, 0.29) is 5.97 Å². The Hall–Kier alpha value is -1.35. The van der Waals surface area contributed by atoms with Gasteiger partial charge in [0.15, 0.2) is 5.60 Å². The predicted octanol–water partition coefficient (Wildman–Crippen LogP) is 2.36. The van der Waals surface area contributed by atoms with Gasteiger partial charge in [-0.1, -0.05) is 17.7 Å². The number of carbonyl (C=O) groups excluding carboxylic acids is 1. The highest BCUT2D eigenvalue weighted by atomic mass is 16.8. The van der Waals surface area contributed by atoms with Crippen molar-refractivity contribution in [3.63, 3.8) is 0 Å². The average molecular weight is 232 g/mol. The van der Waals surface area contributed by atoms with E-state index in [9.17, 15) is 4.79 Å². The molecular weight excluding hydrogens is 216 g/mol. The molecule has 2 bridgehead atoms. The Kier molecular flexibility index (Phi) is 1.84. The molecule has 2 aliphatic rings. The minimum Gasteiger partial charge on any atom is -0.427 e. The van der Waals surface area contributed by atoms with Crippen molar-refractivity contribution in [1.29, 1.82) is 0 Å². The van der Waals surface area contributed by atoms with Crippen LogP contribution in [0.2, 0.25) is 0 Å². The van der Waals surface area contributed by atoms with E-state index in [0.717, 1.165) is 11.1 Å². The Morgan fingerprint density at radius 2 is 1.94 bits per heavy atom. The molecule has 2 atom stereocenters. The summed E-state index contributed by atoms with van der Waals surface area (Å²) >= 11 is 0. The minimum absolute atomic E-state index is 0.256. The topological polar surface area (TPSA) is 35.5 Å². The van der Waals surface area contributed by atoms with E-state index in [4.69, 9.17) is 9.47 Å². The van der Waals surface area contributed by atoms with Crippen molar-refractivity contribution >= 4 is 5.97 Å². The van der Waals surface area contributed by atoms with Crippen molar-refractivity contribution < 1.29 is 14.3 Å². The largest absolute Gasteiger partial charge is 0.427 e. The number of aryl methyl sites for hydroxylation is 2. The summed E-state index contributed by atoms with van der Waals surface area (Å²) in [6, 6.07) is 4.23. The summed E-state index contributed by atoms with van der Waals surface area (Å²) in [7, 11) is 0. The molecule has 0 aliphatic carbocycles. The van der Waals surface area contributed by atoms with Crippen LogP contribution in [0, 0.1) is 13.8 Å². The molecule has 0 N–H and O–H groups in total. The molecular formula is C14H16O3. The normalized spacial score (nSPS) is 34.5. The third-order valence-electron chi connectivity index (χ3n) is 3.68. The van der Waals surface area contributed by atoms with Crippen LogP contribution in [0.5, 0.6) is 0 Å². The fourth-order valence-corrected chi connectivity index (χ4v) is 3.20. The van der Waals surface area contributed by atoms with Gasteiger partial charge < -0.3 is 9.47 Å². The number of hydrogen-bond donors (Lipinski definition) is 0. The van der Waals surface area contributed by atoms with E-state index in [1.807, 2.05) is 13.8 Å². The zero-order valence-electron chi connectivity index (χ0n) is 10.6. The van der Waals surface area contributed by atoms with Crippen molar-refractivity contribution in [2.45, 2.75) is 45.5 Å². The highest BCUT2D eigenvalue weighted by Crippen LogP contribution is 2.48. The number of rotatable bonds is 0. The summed E-state index contributed by atoms with van der Waals surface area (Å²) in [5.74, 6) is -1.16. The quantitative estimate of drug-likeness (QED) is 0.644. The summed E-state index contributed by atoms with van der Waals surface area (Å²) in [5.41, 5.74) is 3.71. The molecule has 90 valence electrons. The number of ether oxygens (including phenoxy) is 2. The van der Waals surface area contributed by atoms with Crippen molar-refractivity contribution in [2.75, 3.05) is 0 Å². The molecule has 1 saturated heterocycles. The van der Waals surface area contributed by atoms with E-state index in [0.29, 0.717) is 6.42 Å². The first kappa shape index (κ1) is 10.8. The maximum atomic E-state index is 11.9. The molecule has 3 heteroatoms. The van der Waals surface area contributed by atoms with Gasteiger partial charge in [0.25, 0.3) is 0 Å². The second-order valence-corrected chi connectivity index (χ2v) is 5.46. The lowest BCUT2D eigenvalue weighted by molar-refractivity contribution is -0.189. The monoisotopic (exact) mass is 232 g/mol. The Morgan fingerprint density at radius 1 is 1.24 bits per heavy atom. The Labute approximate surface area is 101 Å². The van der Waals surface area contributed by atoms with Crippen LogP contribution in [-0.2, 0) is 26.5 Å². The number of fused-ring (bicyclic) bond motifs is 4. The molecule has 17 heavy (non-hydrogen) atoms. The molecule has 3 rings (SSSR count). The van der Waals surface area contributed by atoms with Crippen LogP contribution < -0.4 is 0 Å². The van der Waals surface area contributed by atoms with Gasteiger partial charge in [-0.3, -0.25) is 0 Å². The second-order valence-electron chi connectivity index (χ2n) is 5.46. The van der Waals surface area contributed by atoms with Crippen molar-refractivity contribution in [3.05, 3.63) is 34.4 Å². The summed E-state index contributed by atoms with van der Waals surface area (Å²) in [6.45, 7) is 7.74. The van der Waals surface area contributed by atoms with E-state index < -0.39 is 11.4 Å². The van der Waals surface area contributed by atoms with E-state index in [1.54, 1.807) is 6.92 Å². The first-order valence-electron chi connectivity index (χ1n) is 5.88. The van der Waals surface area contributed by atoms with Crippen LogP contribution in [0.4, 0.5) is 0 Å². The first-order valence-corrected chi connectivity index (χ1v) is 5.88. The summed E-state index contributed by atoms with van der Waals surface area (Å²) in [4.78, 5) is 11.9. The minimum atomic E-state index is -0.906. The second kappa shape index (κ2) is 2.91. The van der Waals surface area contributed by atoms with Gasteiger partial charge in [0.2, 0.25) is 5.79 Å². The standard InChI is InChI=1S/C14H16O3/c1-8-5-9(2)11-10(6-8)7-13(3)12(15)16-14(11,4)17-13/h5-6H,7H2,1-4H3. The third-order valence-corrected chi connectivity index (χ3v) is 3.68. The maximum Gasteiger partial charge on any atom is 0.341 e. The number of esters is 1. The first-order chi connectivity index (χ1) is 7.84. The van der Waals surface area contributed by atoms with E-state index >= 15 is 0 Å². The van der Waals surface area contributed by atoms with Gasteiger partial charge in [0.05, 0.1) is 0 Å². The molecule has 3 nitrogen and oxygen atoms in total. The zero-order chi connectivity index (χ0) is 12.4.